The molecule has 7 nitrogen and oxygen atoms in total. The van der Waals surface area contributed by atoms with Crippen LogP contribution in [0.5, 0.6) is 0 Å². The number of hydrogen-bond donors (Lipinski definition) is 1. The van der Waals surface area contributed by atoms with E-state index in [9.17, 15) is 18.0 Å². The Hall–Kier alpha value is -1.93. The summed E-state index contributed by atoms with van der Waals surface area (Å²) in [5.74, 6) is 0.297. The maximum atomic E-state index is 13.0. The summed E-state index contributed by atoms with van der Waals surface area (Å²) in [5.41, 5.74) is 0.564. The zero-order valence-corrected chi connectivity index (χ0v) is 18.2. The number of sulfonamides is 1. The van der Waals surface area contributed by atoms with Crippen molar-refractivity contribution < 1.29 is 18.0 Å². The number of carbonyl (C=O) groups is 2. The van der Waals surface area contributed by atoms with Crippen LogP contribution in [-0.2, 0) is 19.6 Å². The van der Waals surface area contributed by atoms with Crippen LogP contribution in [0.3, 0.4) is 0 Å². The summed E-state index contributed by atoms with van der Waals surface area (Å²) < 4.78 is 27.5. The van der Waals surface area contributed by atoms with Gasteiger partial charge in [0.05, 0.1) is 10.8 Å². The minimum absolute atomic E-state index is 0.0154. The molecule has 2 fully saturated rings. The highest BCUT2D eigenvalue weighted by Crippen LogP contribution is 2.27. The summed E-state index contributed by atoms with van der Waals surface area (Å²) in [4.78, 5) is 26.1. The lowest BCUT2D eigenvalue weighted by Crippen LogP contribution is -2.43. The molecule has 29 heavy (non-hydrogen) atoms. The van der Waals surface area contributed by atoms with E-state index < -0.39 is 10.0 Å². The number of carbonyl (C=O) groups excluding carboxylic acids is 2. The van der Waals surface area contributed by atoms with Gasteiger partial charge in [-0.25, -0.2) is 8.42 Å². The van der Waals surface area contributed by atoms with Crippen molar-refractivity contribution in [2.24, 2.45) is 17.8 Å². The topological polar surface area (TPSA) is 86.8 Å². The number of nitrogens with one attached hydrogen (secondary N) is 1. The van der Waals surface area contributed by atoms with E-state index in [1.165, 1.54) is 6.92 Å². The van der Waals surface area contributed by atoms with E-state index in [-0.39, 0.29) is 22.6 Å². The minimum Gasteiger partial charge on any atom is -0.342 e. The number of likely N-dealkylation sites (tertiary alicyclic amines) is 1. The fourth-order valence-corrected chi connectivity index (χ4v) is 6.06. The molecule has 0 radical (unpaired) electrons. The Morgan fingerprint density at radius 1 is 1.03 bits per heavy atom. The van der Waals surface area contributed by atoms with Gasteiger partial charge in [0.25, 0.3) is 0 Å². The van der Waals surface area contributed by atoms with Crippen LogP contribution in [0.1, 0.15) is 40.0 Å². The number of benzene rings is 1. The van der Waals surface area contributed by atoms with Crippen LogP contribution < -0.4 is 5.32 Å². The summed E-state index contributed by atoms with van der Waals surface area (Å²) in [5, 5.41) is 2.86. The van der Waals surface area contributed by atoms with Gasteiger partial charge in [0, 0.05) is 38.8 Å². The quantitative estimate of drug-likeness (QED) is 0.809. The first-order valence-electron chi connectivity index (χ1n) is 10.3. The van der Waals surface area contributed by atoms with Crippen molar-refractivity contribution in [3.63, 3.8) is 0 Å². The third-order valence-corrected chi connectivity index (χ3v) is 7.68. The van der Waals surface area contributed by atoms with Gasteiger partial charge in [-0.05, 0) is 55.4 Å². The highest BCUT2D eigenvalue weighted by Gasteiger charge is 2.32. The van der Waals surface area contributed by atoms with Gasteiger partial charge >= 0.3 is 0 Å². The van der Waals surface area contributed by atoms with Gasteiger partial charge in [-0.15, -0.1) is 0 Å². The maximum Gasteiger partial charge on any atom is 0.243 e. The number of piperidine rings is 2. The van der Waals surface area contributed by atoms with Gasteiger partial charge in [-0.1, -0.05) is 13.8 Å². The molecule has 2 amide bonds. The second kappa shape index (κ2) is 8.83. The number of anilines is 1. The zero-order chi connectivity index (χ0) is 21.2. The van der Waals surface area contributed by atoms with Gasteiger partial charge in [0.2, 0.25) is 21.8 Å². The van der Waals surface area contributed by atoms with Crippen molar-refractivity contribution in [1.29, 1.82) is 0 Å². The maximum absolute atomic E-state index is 13.0. The third-order valence-electron chi connectivity index (χ3n) is 5.83. The van der Waals surface area contributed by atoms with Crippen molar-refractivity contribution in [2.75, 3.05) is 31.5 Å². The molecule has 0 aliphatic carbocycles. The first-order valence-corrected chi connectivity index (χ1v) is 11.8. The van der Waals surface area contributed by atoms with Crippen molar-refractivity contribution in [1.82, 2.24) is 9.21 Å². The van der Waals surface area contributed by atoms with E-state index in [1.54, 1.807) is 33.5 Å². The predicted molar refractivity (Wildman–Crippen MR) is 112 cm³/mol. The standard InChI is InChI=1S/C21H31N3O4S/c1-15-11-16(2)13-24(12-15)29(27,28)20-8-6-19(7-9-20)22-21(26)18-5-4-10-23(14-18)17(3)25/h6-9,15-16,18H,4-5,10-14H2,1-3H3,(H,22,26)/t15-,16-,18+/m0/s1. The van der Waals surface area contributed by atoms with Crippen LogP contribution in [0.4, 0.5) is 5.69 Å². The first kappa shape index (κ1) is 21.8. The van der Waals surface area contributed by atoms with Crippen molar-refractivity contribution in [3.8, 4) is 0 Å². The minimum atomic E-state index is -3.53. The van der Waals surface area contributed by atoms with Gasteiger partial charge < -0.3 is 10.2 Å². The van der Waals surface area contributed by atoms with Crippen LogP contribution >= 0.6 is 0 Å². The summed E-state index contributed by atoms with van der Waals surface area (Å²) in [6.07, 6.45) is 2.59. The zero-order valence-electron chi connectivity index (χ0n) is 17.4. The highest BCUT2D eigenvalue weighted by molar-refractivity contribution is 7.89. The first-order chi connectivity index (χ1) is 13.7. The lowest BCUT2D eigenvalue weighted by Gasteiger charge is -2.34. The molecule has 8 heteroatoms. The fourth-order valence-electron chi connectivity index (χ4n) is 4.38. The van der Waals surface area contributed by atoms with E-state index in [4.69, 9.17) is 0 Å². The van der Waals surface area contributed by atoms with Crippen LogP contribution in [0.15, 0.2) is 29.2 Å². The molecule has 2 heterocycles. The summed E-state index contributed by atoms with van der Waals surface area (Å²) in [7, 11) is -3.53. The van der Waals surface area contributed by atoms with E-state index in [2.05, 4.69) is 19.2 Å². The molecule has 160 valence electrons. The summed E-state index contributed by atoms with van der Waals surface area (Å²) >= 11 is 0. The molecule has 2 aliphatic heterocycles. The van der Waals surface area contributed by atoms with Gasteiger partial charge in [-0.2, -0.15) is 4.31 Å². The van der Waals surface area contributed by atoms with Gasteiger partial charge in [-0.3, -0.25) is 9.59 Å². The number of hydrogen-bond acceptors (Lipinski definition) is 4. The number of nitrogens with zero attached hydrogens (tertiary/aromatic N) is 2. The van der Waals surface area contributed by atoms with Crippen molar-refractivity contribution in [2.45, 2.75) is 44.9 Å². The Bertz CT molecular complexity index is 843. The lowest BCUT2D eigenvalue weighted by molar-refractivity contribution is -0.132. The predicted octanol–water partition coefficient (Wildman–Crippen LogP) is 2.55. The second-order valence-corrected chi connectivity index (χ2v) is 10.5. The van der Waals surface area contributed by atoms with E-state index in [0.717, 1.165) is 19.3 Å². The molecular weight excluding hydrogens is 390 g/mol. The number of rotatable bonds is 4. The molecule has 0 unspecified atom stereocenters. The van der Waals surface area contributed by atoms with Crippen LogP contribution in [-0.4, -0.2) is 55.6 Å². The molecule has 1 aromatic rings. The summed E-state index contributed by atoms with van der Waals surface area (Å²) in [6, 6.07) is 6.37. The molecule has 0 saturated carbocycles. The van der Waals surface area contributed by atoms with Crippen LogP contribution in [0.25, 0.3) is 0 Å². The molecule has 1 N–H and O–H groups in total. The van der Waals surface area contributed by atoms with E-state index >= 15 is 0 Å². The number of amides is 2. The molecule has 2 saturated heterocycles. The second-order valence-electron chi connectivity index (χ2n) is 8.59. The molecular formula is C21H31N3O4S. The van der Waals surface area contributed by atoms with Crippen molar-refractivity contribution >= 4 is 27.5 Å². The van der Waals surface area contributed by atoms with E-state index in [0.29, 0.717) is 43.7 Å². The Kier molecular flexibility index (Phi) is 6.63. The van der Waals surface area contributed by atoms with E-state index in [1.807, 2.05) is 0 Å². The molecule has 0 aromatic heterocycles. The Balaban J connectivity index is 1.65. The monoisotopic (exact) mass is 421 g/mol. The third kappa shape index (κ3) is 5.17. The van der Waals surface area contributed by atoms with Crippen LogP contribution in [0, 0.1) is 17.8 Å². The normalized spacial score (nSPS) is 26.2. The average molecular weight is 422 g/mol. The fraction of sp³-hybridized carbons (Fsp3) is 0.619. The Labute approximate surface area is 173 Å². The van der Waals surface area contributed by atoms with Gasteiger partial charge in [0.15, 0.2) is 0 Å². The molecule has 3 atom stereocenters. The lowest BCUT2D eigenvalue weighted by atomic mass is 9.94. The average Bonchev–Trinajstić information content (AvgIpc) is 2.67. The molecule has 3 rings (SSSR count). The summed E-state index contributed by atoms with van der Waals surface area (Å²) in [6.45, 7) is 7.88. The Morgan fingerprint density at radius 2 is 1.66 bits per heavy atom. The highest BCUT2D eigenvalue weighted by atomic mass is 32.2. The largest absolute Gasteiger partial charge is 0.342 e. The Morgan fingerprint density at radius 3 is 2.24 bits per heavy atom. The molecule has 0 bridgehead atoms. The smallest absolute Gasteiger partial charge is 0.243 e. The molecule has 1 aromatic carbocycles. The SMILES string of the molecule is CC(=O)N1CCC[C@@H](C(=O)Nc2ccc(S(=O)(=O)N3C[C@@H](C)C[C@H](C)C3)cc2)C1. The van der Waals surface area contributed by atoms with Gasteiger partial charge in [0.1, 0.15) is 0 Å². The molecule has 2 aliphatic rings. The van der Waals surface area contributed by atoms with Crippen molar-refractivity contribution in [3.05, 3.63) is 24.3 Å². The molecule has 0 spiro atoms. The van der Waals surface area contributed by atoms with Crippen LogP contribution in [0.2, 0.25) is 0 Å².